The van der Waals surface area contributed by atoms with Crippen LogP contribution in [0.1, 0.15) is 22.8 Å². The fourth-order valence-corrected chi connectivity index (χ4v) is 3.41. The van der Waals surface area contributed by atoms with Crippen molar-refractivity contribution >= 4 is 55.9 Å². The average Bonchev–Trinajstić information content (AvgIpc) is 2.67. The summed E-state index contributed by atoms with van der Waals surface area (Å²) in [6.07, 6.45) is 0. The number of rotatable bonds is 5. The largest absolute Gasteiger partial charge is 0.452 e. The molecule has 148 valence electrons. The van der Waals surface area contributed by atoms with Crippen LogP contribution in [0.4, 0.5) is 11.4 Å². The smallest absolute Gasteiger partial charge is 0.340 e. The first-order valence-corrected chi connectivity index (χ1v) is 9.66. The molecule has 0 atom stereocenters. The lowest BCUT2D eigenvalue weighted by molar-refractivity contribution is -0.119. The number of fused-ring (bicyclic) bond motifs is 1. The van der Waals surface area contributed by atoms with E-state index in [9.17, 15) is 14.4 Å². The molecule has 0 unspecified atom stereocenters. The number of ether oxygens (including phenoxy) is 1. The summed E-state index contributed by atoms with van der Waals surface area (Å²) >= 11 is 3.39. The predicted octanol–water partition coefficient (Wildman–Crippen LogP) is 4.66. The fourth-order valence-electron chi connectivity index (χ4n) is 2.82. The summed E-state index contributed by atoms with van der Waals surface area (Å²) in [6.45, 7) is 2.84. The first-order valence-electron chi connectivity index (χ1n) is 8.87. The van der Waals surface area contributed by atoms with Crippen LogP contribution in [0.3, 0.4) is 0 Å². The minimum Gasteiger partial charge on any atom is -0.452 e. The van der Waals surface area contributed by atoms with Gasteiger partial charge >= 0.3 is 5.97 Å². The van der Waals surface area contributed by atoms with Crippen molar-refractivity contribution in [1.29, 1.82) is 0 Å². The molecule has 2 N–H and O–H groups in total. The van der Waals surface area contributed by atoms with Gasteiger partial charge in [0.15, 0.2) is 6.61 Å². The number of aryl methyl sites for hydroxylation is 1. The van der Waals surface area contributed by atoms with Gasteiger partial charge in [0.05, 0.1) is 16.9 Å². The van der Waals surface area contributed by atoms with Crippen molar-refractivity contribution in [3.8, 4) is 0 Å². The van der Waals surface area contributed by atoms with E-state index in [1.807, 2.05) is 43.3 Å². The number of esters is 1. The van der Waals surface area contributed by atoms with E-state index >= 15 is 0 Å². The lowest BCUT2D eigenvalue weighted by Crippen LogP contribution is -2.22. The van der Waals surface area contributed by atoms with Crippen molar-refractivity contribution in [1.82, 2.24) is 0 Å². The van der Waals surface area contributed by atoms with E-state index in [0.717, 1.165) is 20.8 Å². The Morgan fingerprint density at radius 2 is 1.62 bits per heavy atom. The molecule has 29 heavy (non-hydrogen) atoms. The fraction of sp³-hybridized carbons (Fsp3) is 0.136. The van der Waals surface area contributed by atoms with Crippen LogP contribution in [-0.2, 0) is 14.3 Å². The number of carbonyl (C=O) groups is 3. The van der Waals surface area contributed by atoms with Gasteiger partial charge in [0.2, 0.25) is 5.91 Å². The molecule has 0 aromatic heterocycles. The van der Waals surface area contributed by atoms with Gasteiger partial charge in [-0.1, -0.05) is 30.3 Å². The highest BCUT2D eigenvalue weighted by atomic mass is 79.9. The van der Waals surface area contributed by atoms with E-state index in [-0.39, 0.29) is 11.5 Å². The number of amides is 2. The maximum absolute atomic E-state index is 12.6. The Morgan fingerprint density at radius 3 is 2.28 bits per heavy atom. The van der Waals surface area contributed by atoms with Gasteiger partial charge in [-0.25, -0.2) is 4.79 Å². The normalized spacial score (nSPS) is 10.4. The molecule has 3 aromatic carbocycles. The lowest BCUT2D eigenvalue weighted by Gasteiger charge is -2.12. The molecule has 3 rings (SSSR count). The monoisotopic (exact) mass is 454 g/mol. The first-order chi connectivity index (χ1) is 13.8. The van der Waals surface area contributed by atoms with Gasteiger partial charge in [-0.2, -0.15) is 0 Å². The zero-order valence-corrected chi connectivity index (χ0v) is 17.5. The van der Waals surface area contributed by atoms with Gasteiger partial charge in [0.1, 0.15) is 0 Å². The summed E-state index contributed by atoms with van der Waals surface area (Å²) in [6, 6.07) is 16.3. The van der Waals surface area contributed by atoms with E-state index in [1.54, 1.807) is 18.2 Å². The Bertz CT molecular complexity index is 1110. The molecule has 0 fully saturated rings. The summed E-state index contributed by atoms with van der Waals surface area (Å²) in [7, 11) is 0. The number of nitrogens with one attached hydrogen (secondary N) is 2. The number of hydrogen-bond acceptors (Lipinski definition) is 4. The molecule has 6 nitrogen and oxygen atoms in total. The number of carbonyl (C=O) groups excluding carboxylic acids is 3. The van der Waals surface area contributed by atoms with E-state index in [4.69, 9.17) is 4.74 Å². The van der Waals surface area contributed by atoms with Gasteiger partial charge < -0.3 is 15.4 Å². The standard InChI is InChI=1S/C22H19BrN2O4/c1-13-7-8-19(18(23)9-13)25-21(27)12-29-22(28)17-10-15-5-3-4-6-16(15)11-20(17)24-14(2)26/h3-11H,12H2,1-2H3,(H,24,26)(H,25,27). The van der Waals surface area contributed by atoms with Gasteiger partial charge in [-0.05, 0) is 63.5 Å². The summed E-state index contributed by atoms with van der Waals surface area (Å²) in [5.74, 6) is -1.47. The Hall–Kier alpha value is -3.19. The van der Waals surface area contributed by atoms with Crippen LogP contribution in [-0.4, -0.2) is 24.4 Å². The summed E-state index contributed by atoms with van der Waals surface area (Å²) in [5, 5.41) is 7.02. The van der Waals surface area contributed by atoms with Crippen LogP contribution in [0.5, 0.6) is 0 Å². The molecule has 3 aromatic rings. The van der Waals surface area contributed by atoms with Crippen molar-refractivity contribution in [3.05, 3.63) is 70.2 Å². The minimum atomic E-state index is -0.697. The summed E-state index contributed by atoms with van der Waals surface area (Å²) in [4.78, 5) is 36.3. The summed E-state index contributed by atoms with van der Waals surface area (Å²) < 4.78 is 5.92. The van der Waals surface area contributed by atoms with Crippen molar-refractivity contribution in [3.63, 3.8) is 0 Å². The van der Waals surface area contributed by atoms with E-state index in [2.05, 4.69) is 26.6 Å². The molecule has 2 amide bonds. The average molecular weight is 455 g/mol. The molecule has 7 heteroatoms. The maximum Gasteiger partial charge on any atom is 0.340 e. The third-order valence-electron chi connectivity index (χ3n) is 4.15. The second kappa shape index (κ2) is 8.87. The Labute approximate surface area is 176 Å². The third kappa shape index (κ3) is 5.20. The molecule has 0 bridgehead atoms. The third-order valence-corrected chi connectivity index (χ3v) is 4.81. The van der Waals surface area contributed by atoms with Crippen molar-refractivity contribution in [2.24, 2.45) is 0 Å². The zero-order valence-electron chi connectivity index (χ0n) is 15.9. The van der Waals surface area contributed by atoms with Crippen LogP contribution in [0.15, 0.2) is 59.1 Å². The molecular formula is C22H19BrN2O4. The van der Waals surface area contributed by atoms with Crippen molar-refractivity contribution < 1.29 is 19.1 Å². The first kappa shape index (κ1) is 20.5. The van der Waals surface area contributed by atoms with Gasteiger partial charge in [0, 0.05) is 11.4 Å². The molecule has 0 saturated heterocycles. The Morgan fingerprint density at radius 1 is 0.931 bits per heavy atom. The van der Waals surface area contributed by atoms with E-state index in [1.165, 1.54) is 6.92 Å². The number of halogens is 1. The lowest BCUT2D eigenvalue weighted by atomic mass is 10.0. The second-order valence-corrected chi connectivity index (χ2v) is 7.39. The quantitative estimate of drug-likeness (QED) is 0.548. The van der Waals surface area contributed by atoms with Crippen LogP contribution >= 0.6 is 15.9 Å². The van der Waals surface area contributed by atoms with Gasteiger partial charge in [-0.15, -0.1) is 0 Å². The molecule has 0 saturated carbocycles. The van der Waals surface area contributed by atoms with Crippen molar-refractivity contribution in [2.45, 2.75) is 13.8 Å². The van der Waals surface area contributed by atoms with E-state index < -0.39 is 18.5 Å². The minimum absolute atomic E-state index is 0.184. The topological polar surface area (TPSA) is 84.5 Å². The van der Waals surface area contributed by atoms with Crippen molar-refractivity contribution in [2.75, 3.05) is 17.2 Å². The number of hydrogen-bond donors (Lipinski definition) is 2. The van der Waals surface area contributed by atoms with Crippen LogP contribution in [0, 0.1) is 6.92 Å². The summed E-state index contributed by atoms with van der Waals surface area (Å²) in [5.41, 5.74) is 2.15. The van der Waals surface area contributed by atoms with Crippen LogP contribution in [0.2, 0.25) is 0 Å². The van der Waals surface area contributed by atoms with Gasteiger partial charge in [0.25, 0.3) is 5.91 Å². The molecular weight excluding hydrogens is 436 g/mol. The van der Waals surface area contributed by atoms with E-state index in [0.29, 0.717) is 11.4 Å². The predicted molar refractivity (Wildman–Crippen MR) is 116 cm³/mol. The maximum atomic E-state index is 12.6. The molecule has 0 aliphatic rings. The highest BCUT2D eigenvalue weighted by Crippen LogP contribution is 2.26. The zero-order chi connectivity index (χ0) is 21.0. The molecule has 0 spiro atoms. The number of benzene rings is 3. The van der Waals surface area contributed by atoms with Crippen LogP contribution < -0.4 is 10.6 Å². The van der Waals surface area contributed by atoms with Gasteiger partial charge in [-0.3, -0.25) is 9.59 Å². The Balaban J connectivity index is 1.74. The molecule has 0 radical (unpaired) electrons. The highest BCUT2D eigenvalue weighted by molar-refractivity contribution is 9.10. The highest BCUT2D eigenvalue weighted by Gasteiger charge is 2.17. The Kier molecular flexibility index (Phi) is 6.29. The SMILES string of the molecule is CC(=O)Nc1cc2ccccc2cc1C(=O)OCC(=O)Nc1ccc(C)cc1Br. The molecule has 0 aliphatic heterocycles. The molecule has 0 heterocycles. The van der Waals surface area contributed by atoms with Crippen LogP contribution in [0.25, 0.3) is 10.8 Å². The second-order valence-electron chi connectivity index (χ2n) is 6.53. The number of anilines is 2. The molecule has 0 aliphatic carbocycles.